The molecule has 1 saturated heterocycles. The van der Waals surface area contributed by atoms with Crippen LogP contribution in [0.3, 0.4) is 0 Å². The van der Waals surface area contributed by atoms with E-state index in [1.54, 1.807) is 53.9 Å². The summed E-state index contributed by atoms with van der Waals surface area (Å²) in [7, 11) is 1.48. The summed E-state index contributed by atoms with van der Waals surface area (Å²) in [6.07, 6.45) is 1.64. The number of hydrogen-bond acceptors (Lipinski definition) is 8. The van der Waals surface area contributed by atoms with Gasteiger partial charge in [-0.1, -0.05) is 42.1 Å². The van der Waals surface area contributed by atoms with E-state index < -0.39 is 11.8 Å². The summed E-state index contributed by atoms with van der Waals surface area (Å²) in [6, 6.07) is 17.5. The van der Waals surface area contributed by atoms with E-state index in [4.69, 9.17) is 21.7 Å². The van der Waals surface area contributed by atoms with E-state index in [1.807, 2.05) is 18.2 Å². The number of thioether (sulfide) groups is 1. The fourth-order valence-corrected chi connectivity index (χ4v) is 4.83. The van der Waals surface area contributed by atoms with Gasteiger partial charge in [-0.15, -0.1) is 11.3 Å². The van der Waals surface area contributed by atoms with Crippen molar-refractivity contribution in [1.82, 2.24) is 10.4 Å². The second kappa shape index (κ2) is 11.2. The van der Waals surface area contributed by atoms with Gasteiger partial charge in [-0.25, -0.2) is 0 Å². The van der Waals surface area contributed by atoms with Crippen LogP contribution in [0.1, 0.15) is 15.2 Å². The SMILES string of the molecule is COc1cc(/C=C2/SC(=S)N(NC(=O)c3cccs3)C2=O)ccc1OCC(=O)Nc1ccccc1. The molecule has 4 rings (SSSR count). The number of methoxy groups -OCH3 is 1. The molecular weight excluding hydrogens is 506 g/mol. The van der Waals surface area contributed by atoms with Crippen molar-refractivity contribution in [2.45, 2.75) is 0 Å². The largest absolute Gasteiger partial charge is 0.493 e. The van der Waals surface area contributed by atoms with Gasteiger partial charge in [0, 0.05) is 5.69 Å². The molecule has 3 aromatic rings. The molecule has 35 heavy (non-hydrogen) atoms. The average molecular weight is 526 g/mol. The lowest BCUT2D eigenvalue weighted by Gasteiger charge is -2.14. The number of carbonyl (C=O) groups is 3. The Morgan fingerprint density at radius 2 is 1.89 bits per heavy atom. The zero-order valence-electron chi connectivity index (χ0n) is 18.3. The standard InChI is InChI=1S/C24H19N3O5S3/c1-31-18-12-15(9-10-17(18)32-14-21(28)25-16-6-3-2-4-7-16)13-20-23(30)27(24(33)35-20)26-22(29)19-8-5-11-34-19/h2-13H,14H2,1H3,(H,25,28)(H,26,29)/b20-13+. The van der Waals surface area contributed by atoms with Crippen molar-refractivity contribution >= 4 is 69.1 Å². The molecule has 0 radical (unpaired) electrons. The fraction of sp³-hybridized carbons (Fsp3) is 0.0833. The lowest BCUT2D eigenvalue weighted by Crippen LogP contribution is -2.44. The minimum atomic E-state index is -0.429. The maximum atomic E-state index is 12.8. The summed E-state index contributed by atoms with van der Waals surface area (Å²) < 4.78 is 11.2. The lowest BCUT2D eigenvalue weighted by atomic mass is 10.2. The molecule has 0 aliphatic carbocycles. The molecule has 1 aromatic heterocycles. The van der Waals surface area contributed by atoms with Crippen LogP contribution < -0.4 is 20.2 Å². The van der Waals surface area contributed by atoms with Gasteiger partial charge >= 0.3 is 0 Å². The van der Waals surface area contributed by atoms with E-state index in [9.17, 15) is 14.4 Å². The van der Waals surface area contributed by atoms with Gasteiger partial charge in [-0.2, -0.15) is 5.01 Å². The third kappa shape index (κ3) is 6.07. The molecule has 0 bridgehead atoms. The zero-order valence-corrected chi connectivity index (χ0v) is 20.8. The Hall–Kier alpha value is -3.67. The van der Waals surface area contributed by atoms with E-state index >= 15 is 0 Å². The van der Waals surface area contributed by atoms with Crippen molar-refractivity contribution in [1.29, 1.82) is 0 Å². The van der Waals surface area contributed by atoms with Crippen LogP contribution in [0.4, 0.5) is 5.69 Å². The maximum absolute atomic E-state index is 12.8. The van der Waals surface area contributed by atoms with Gasteiger partial charge in [0.05, 0.1) is 16.9 Å². The van der Waals surface area contributed by atoms with Gasteiger partial charge in [0.1, 0.15) is 0 Å². The number of hydrazine groups is 1. The van der Waals surface area contributed by atoms with Gasteiger partial charge in [0.15, 0.2) is 22.4 Å². The number of nitrogens with one attached hydrogen (secondary N) is 2. The van der Waals surface area contributed by atoms with E-state index in [1.165, 1.54) is 18.4 Å². The summed E-state index contributed by atoms with van der Waals surface area (Å²) in [5, 5.41) is 5.58. The Balaban J connectivity index is 1.41. The third-order valence-corrected chi connectivity index (χ3v) is 6.82. The number of anilines is 1. The summed E-state index contributed by atoms with van der Waals surface area (Å²) in [6.45, 7) is -0.201. The van der Waals surface area contributed by atoms with Gasteiger partial charge < -0.3 is 14.8 Å². The highest BCUT2D eigenvalue weighted by atomic mass is 32.2. The molecule has 0 unspecified atom stereocenters. The van der Waals surface area contributed by atoms with Crippen molar-refractivity contribution in [2.75, 3.05) is 19.0 Å². The van der Waals surface area contributed by atoms with Crippen LogP contribution in [0, 0.1) is 0 Å². The first-order chi connectivity index (χ1) is 16.9. The van der Waals surface area contributed by atoms with E-state index in [2.05, 4.69) is 10.7 Å². The zero-order chi connectivity index (χ0) is 24.8. The first-order valence-electron chi connectivity index (χ1n) is 10.2. The number of amides is 3. The van der Waals surface area contributed by atoms with E-state index in [-0.39, 0.29) is 16.8 Å². The molecule has 2 aromatic carbocycles. The predicted octanol–water partition coefficient (Wildman–Crippen LogP) is 4.32. The molecule has 0 saturated carbocycles. The number of benzene rings is 2. The van der Waals surface area contributed by atoms with Gasteiger partial charge in [-0.05, 0) is 59.6 Å². The minimum Gasteiger partial charge on any atom is -0.493 e. The van der Waals surface area contributed by atoms with Crippen LogP contribution in [0.25, 0.3) is 6.08 Å². The second-order valence-electron chi connectivity index (χ2n) is 7.05. The average Bonchev–Trinajstić information content (AvgIpc) is 3.49. The molecule has 1 aliphatic heterocycles. The molecule has 2 heterocycles. The minimum absolute atomic E-state index is 0.201. The van der Waals surface area contributed by atoms with Gasteiger partial charge in [-0.3, -0.25) is 19.8 Å². The quantitative estimate of drug-likeness (QED) is 0.334. The highest BCUT2D eigenvalue weighted by Crippen LogP contribution is 2.34. The summed E-state index contributed by atoms with van der Waals surface area (Å²) in [5.74, 6) is -0.370. The number of ether oxygens (including phenoxy) is 2. The van der Waals surface area contributed by atoms with Crippen molar-refractivity contribution in [3.8, 4) is 11.5 Å². The number of rotatable bonds is 8. The number of para-hydroxylation sites is 1. The van der Waals surface area contributed by atoms with Crippen LogP contribution >= 0.6 is 35.3 Å². The number of thiocarbonyl (C=S) groups is 1. The number of nitrogens with zero attached hydrogens (tertiary/aromatic N) is 1. The molecule has 3 amide bonds. The van der Waals surface area contributed by atoms with Crippen molar-refractivity contribution in [3.05, 3.63) is 81.4 Å². The highest BCUT2D eigenvalue weighted by molar-refractivity contribution is 8.26. The highest BCUT2D eigenvalue weighted by Gasteiger charge is 2.34. The van der Waals surface area contributed by atoms with E-state index in [0.29, 0.717) is 32.5 Å². The van der Waals surface area contributed by atoms with Crippen molar-refractivity contribution in [2.24, 2.45) is 0 Å². The topological polar surface area (TPSA) is 97.0 Å². The number of hydrogen-bond donors (Lipinski definition) is 2. The van der Waals surface area contributed by atoms with Gasteiger partial charge in [0.25, 0.3) is 17.7 Å². The predicted molar refractivity (Wildman–Crippen MR) is 140 cm³/mol. The second-order valence-corrected chi connectivity index (χ2v) is 9.67. The first kappa shape index (κ1) is 24.5. The van der Waals surface area contributed by atoms with Crippen molar-refractivity contribution < 1.29 is 23.9 Å². The van der Waals surface area contributed by atoms with Crippen LogP contribution in [-0.4, -0.2) is 40.8 Å². The Morgan fingerprint density at radius 1 is 1.09 bits per heavy atom. The smallest absolute Gasteiger partial charge is 0.285 e. The lowest BCUT2D eigenvalue weighted by molar-refractivity contribution is -0.123. The number of carbonyl (C=O) groups excluding carboxylic acids is 3. The van der Waals surface area contributed by atoms with Crippen LogP contribution in [0.15, 0.2) is 70.9 Å². The Morgan fingerprint density at radius 3 is 2.60 bits per heavy atom. The molecule has 1 aliphatic rings. The summed E-state index contributed by atoms with van der Waals surface area (Å²) in [5.41, 5.74) is 3.88. The summed E-state index contributed by atoms with van der Waals surface area (Å²) in [4.78, 5) is 38.1. The molecule has 0 atom stereocenters. The Kier molecular flexibility index (Phi) is 7.80. The Bertz CT molecular complexity index is 1290. The maximum Gasteiger partial charge on any atom is 0.285 e. The molecule has 2 N–H and O–H groups in total. The Labute approximate surface area is 214 Å². The summed E-state index contributed by atoms with van der Waals surface area (Å²) >= 11 is 7.61. The molecule has 178 valence electrons. The molecular formula is C24H19N3O5S3. The van der Waals surface area contributed by atoms with Gasteiger partial charge in [0.2, 0.25) is 0 Å². The molecule has 0 spiro atoms. The number of thiophene rings is 1. The molecule has 8 nitrogen and oxygen atoms in total. The van der Waals surface area contributed by atoms with Crippen molar-refractivity contribution in [3.63, 3.8) is 0 Å². The van der Waals surface area contributed by atoms with Crippen LogP contribution in [0.2, 0.25) is 0 Å². The molecule has 1 fully saturated rings. The van der Waals surface area contributed by atoms with Crippen LogP contribution in [-0.2, 0) is 9.59 Å². The monoisotopic (exact) mass is 525 g/mol. The van der Waals surface area contributed by atoms with E-state index in [0.717, 1.165) is 16.8 Å². The first-order valence-corrected chi connectivity index (χ1v) is 12.3. The third-order valence-electron chi connectivity index (χ3n) is 4.65. The normalized spacial score (nSPS) is 14.2. The molecule has 11 heteroatoms. The fourth-order valence-electron chi connectivity index (χ4n) is 3.03. The van der Waals surface area contributed by atoms with Crippen LogP contribution in [0.5, 0.6) is 11.5 Å².